The molecule has 0 saturated heterocycles. The smallest absolute Gasteiger partial charge is 0.265 e. The van der Waals surface area contributed by atoms with E-state index in [1.54, 1.807) is 6.07 Å². The molecule has 1 saturated carbocycles. The Kier molecular flexibility index (Phi) is 4.08. The van der Waals surface area contributed by atoms with Crippen molar-refractivity contribution in [2.24, 2.45) is 0 Å². The Hall–Kier alpha value is -2.04. The quantitative estimate of drug-likeness (QED) is 0.923. The summed E-state index contributed by atoms with van der Waals surface area (Å²) in [4.78, 5) is 25.7. The fraction of sp³-hybridized carbons (Fsp3) is 0.500. The van der Waals surface area contributed by atoms with Gasteiger partial charge in [-0.15, -0.1) is 0 Å². The number of rotatable bonds is 3. The molecule has 2 aliphatic rings. The van der Waals surface area contributed by atoms with E-state index in [1.165, 1.54) is 24.2 Å². The van der Waals surface area contributed by atoms with Crippen molar-refractivity contribution >= 4 is 17.5 Å². The number of para-hydroxylation sites is 2. The second-order valence-electron chi connectivity index (χ2n) is 5.64. The second kappa shape index (κ2) is 6.16. The molecule has 0 aromatic heterocycles. The zero-order valence-corrected chi connectivity index (χ0v) is 12.0. The van der Waals surface area contributed by atoms with Gasteiger partial charge in [0.25, 0.3) is 5.91 Å². The third-order valence-electron chi connectivity index (χ3n) is 4.08. The van der Waals surface area contributed by atoms with Gasteiger partial charge in [-0.25, -0.2) is 0 Å². The lowest BCUT2D eigenvalue weighted by Crippen LogP contribution is -2.47. The van der Waals surface area contributed by atoms with E-state index < -0.39 is 0 Å². The first-order chi connectivity index (χ1) is 10.2. The number of carbonyl (C=O) groups excluding carboxylic acids is 2. The van der Waals surface area contributed by atoms with Gasteiger partial charge >= 0.3 is 0 Å². The molecule has 0 spiro atoms. The van der Waals surface area contributed by atoms with Crippen molar-refractivity contribution in [2.45, 2.75) is 38.1 Å². The molecule has 5 nitrogen and oxygen atoms in total. The lowest BCUT2D eigenvalue weighted by molar-refractivity contribution is -0.125. The van der Waals surface area contributed by atoms with Crippen LogP contribution in [-0.2, 0) is 9.59 Å². The Balaban J connectivity index is 1.66. The number of ether oxygens (including phenoxy) is 1. The molecule has 2 amide bonds. The highest BCUT2D eigenvalue weighted by Crippen LogP contribution is 2.31. The molecule has 1 aromatic rings. The minimum Gasteiger partial charge on any atom is -0.482 e. The fourth-order valence-electron chi connectivity index (χ4n) is 2.99. The molecule has 1 aliphatic heterocycles. The molecule has 1 aromatic carbocycles. The monoisotopic (exact) mass is 288 g/mol. The van der Waals surface area contributed by atoms with E-state index in [0.29, 0.717) is 11.4 Å². The number of anilines is 1. The van der Waals surface area contributed by atoms with E-state index in [4.69, 9.17) is 4.74 Å². The summed E-state index contributed by atoms with van der Waals surface area (Å²) >= 11 is 0. The van der Waals surface area contributed by atoms with Gasteiger partial charge in [0.2, 0.25) is 5.91 Å². The molecule has 3 rings (SSSR count). The standard InChI is InChI=1S/C16H20N2O3/c19-15(17-12-6-2-1-3-7-12)10-18-13-8-4-5-9-14(13)21-11-16(18)20/h4-5,8-9,12H,1-3,6-7,10-11H2,(H,17,19). The number of fused-ring (bicyclic) bond motifs is 1. The van der Waals surface area contributed by atoms with Crippen LogP contribution in [0.15, 0.2) is 24.3 Å². The van der Waals surface area contributed by atoms with Gasteiger partial charge in [-0.1, -0.05) is 31.4 Å². The molecule has 0 atom stereocenters. The highest BCUT2D eigenvalue weighted by atomic mass is 16.5. The molecule has 1 fully saturated rings. The summed E-state index contributed by atoms with van der Waals surface area (Å²) in [6.07, 6.45) is 5.68. The summed E-state index contributed by atoms with van der Waals surface area (Å²) in [6.45, 7) is 0.0590. The van der Waals surface area contributed by atoms with Crippen molar-refractivity contribution < 1.29 is 14.3 Å². The minimum atomic E-state index is -0.174. The van der Waals surface area contributed by atoms with Gasteiger partial charge in [-0.2, -0.15) is 0 Å². The number of nitrogens with one attached hydrogen (secondary N) is 1. The topological polar surface area (TPSA) is 58.6 Å². The Labute approximate surface area is 124 Å². The largest absolute Gasteiger partial charge is 0.482 e. The van der Waals surface area contributed by atoms with Gasteiger partial charge < -0.3 is 10.1 Å². The minimum absolute atomic E-state index is 0.00623. The predicted molar refractivity (Wildman–Crippen MR) is 79.3 cm³/mol. The third kappa shape index (κ3) is 3.17. The van der Waals surface area contributed by atoms with Crippen LogP contribution in [0, 0.1) is 0 Å². The first-order valence-corrected chi connectivity index (χ1v) is 7.55. The first-order valence-electron chi connectivity index (χ1n) is 7.55. The maximum Gasteiger partial charge on any atom is 0.265 e. The fourth-order valence-corrected chi connectivity index (χ4v) is 2.99. The zero-order valence-electron chi connectivity index (χ0n) is 12.0. The van der Waals surface area contributed by atoms with Crippen molar-refractivity contribution in [3.63, 3.8) is 0 Å². The van der Waals surface area contributed by atoms with Crippen molar-refractivity contribution in [1.29, 1.82) is 0 Å². The summed E-state index contributed by atoms with van der Waals surface area (Å²) in [6, 6.07) is 7.58. The molecule has 0 unspecified atom stereocenters. The van der Waals surface area contributed by atoms with E-state index in [9.17, 15) is 9.59 Å². The van der Waals surface area contributed by atoms with Crippen LogP contribution in [0.2, 0.25) is 0 Å². The van der Waals surface area contributed by atoms with Crippen molar-refractivity contribution in [3.8, 4) is 5.75 Å². The van der Waals surface area contributed by atoms with Gasteiger partial charge in [0.15, 0.2) is 6.61 Å². The highest BCUT2D eigenvalue weighted by molar-refractivity contribution is 6.02. The van der Waals surface area contributed by atoms with Gasteiger partial charge in [0.1, 0.15) is 12.3 Å². The van der Waals surface area contributed by atoms with E-state index in [-0.39, 0.29) is 31.0 Å². The molecule has 5 heteroatoms. The summed E-state index contributed by atoms with van der Waals surface area (Å²) in [5.74, 6) is 0.391. The number of amides is 2. The van der Waals surface area contributed by atoms with Crippen LogP contribution in [0.5, 0.6) is 5.75 Å². The van der Waals surface area contributed by atoms with Crippen LogP contribution >= 0.6 is 0 Å². The van der Waals surface area contributed by atoms with Crippen molar-refractivity contribution in [2.75, 3.05) is 18.1 Å². The molecule has 1 heterocycles. The summed E-state index contributed by atoms with van der Waals surface area (Å²) in [5.41, 5.74) is 0.674. The Morgan fingerprint density at radius 1 is 1.24 bits per heavy atom. The van der Waals surface area contributed by atoms with Crippen LogP contribution < -0.4 is 15.0 Å². The summed E-state index contributed by atoms with van der Waals surface area (Å²) in [7, 11) is 0. The molecule has 1 N–H and O–H groups in total. The number of hydrogen-bond acceptors (Lipinski definition) is 3. The van der Waals surface area contributed by atoms with Crippen LogP contribution in [-0.4, -0.2) is 31.0 Å². The maximum absolute atomic E-state index is 12.2. The van der Waals surface area contributed by atoms with Gasteiger partial charge in [0, 0.05) is 6.04 Å². The number of carbonyl (C=O) groups is 2. The van der Waals surface area contributed by atoms with Gasteiger partial charge in [0.05, 0.1) is 5.69 Å². The van der Waals surface area contributed by atoms with Crippen LogP contribution in [0.3, 0.4) is 0 Å². The van der Waals surface area contributed by atoms with E-state index in [2.05, 4.69) is 5.32 Å². The average molecular weight is 288 g/mol. The third-order valence-corrected chi connectivity index (χ3v) is 4.08. The van der Waals surface area contributed by atoms with Gasteiger partial charge in [-0.05, 0) is 25.0 Å². The number of hydrogen-bond donors (Lipinski definition) is 1. The Bertz CT molecular complexity index is 538. The number of benzene rings is 1. The predicted octanol–water partition coefficient (Wildman–Crippen LogP) is 1.86. The lowest BCUT2D eigenvalue weighted by atomic mass is 9.95. The molecular formula is C16H20N2O3. The zero-order chi connectivity index (χ0) is 14.7. The van der Waals surface area contributed by atoms with Crippen molar-refractivity contribution in [3.05, 3.63) is 24.3 Å². The van der Waals surface area contributed by atoms with Crippen LogP contribution in [0.25, 0.3) is 0 Å². The molecule has 21 heavy (non-hydrogen) atoms. The maximum atomic E-state index is 12.2. The lowest BCUT2D eigenvalue weighted by Gasteiger charge is -2.30. The SMILES string of the molecule is O=C(CN1C(=O)COc2ccccc21)NC1CCCCC1. The Morgan fingerprint density at radius 3 is 2.81 bits per heavy atom. The van der Waals surface area contributed by atoms with E-state index in [0.717, 1.165) is 12.8 Å². The van der Waals surface area contributed by atoms with Crippen molar-refractivity contribution in [1.82, 2.24) is 5.32 Å². The molecule has 112 valence electrons. The molecule has 0 bridgehead atoms. The van der Waals surface area contributed by atoms with Crippen LogP contribution in [0.1, 0.15) is 32.1 Å². The summed E-state index contributed by atoms with van der Waals surface area (Å²) in [5, 5.41) is 3.04. The van der Waals surface area contributed by atoms with Crippen LogP contribution in [0.4, 0.5) is 5.69 Å². The van der Waals surface area contributed by atoms with Gasteiger partial charge in [-0.3, -0.25) is 14.5 Å². The summed E-state index contributed by atoms with van der Waals surface area (Å²) < 4.78 is 5.37. The molecule has 1 aliphatic carbocycles. The Morgan fingerprint density at radius 2 is 2.00 bits per heavy atom. The van der Waals surface area contributed by atoms with E-state index in [1.807, 2.05) is 18.2 Å². The molecular weight excluding hydrogens is 268 g/mol. The second-order valence-corrected chi connectivity index (χ2v) is 5.64. The highest BCUT2D eigenvalue weighted by Gasteiger charge is 2.27. The van der Waals surface area contributed by atoms with E-state index >= 15 is 0 Å². The normalized spacial score (nSPS) is 18.9. The average Bonchev–Trinajstić information content (AvgIpc) is 2.51. The molecule has 0 radical (unpaired) electrons. The first kappa shape index (κ1) is 13.9. The number of nitrogens with zero attached hydrogens (tertiary/aromatic N) is 1.